The van der Waals surface area contributed by atoms with Crippen LogP contribution in [0.15, 0.2) is 18.2 Å². The van der Waals surface area contributed by atoms with Gasteiger partial charge in [-0.1, -0.05) is 13.0 Å². The lowest BCUT2D eigenvalue weighted by Crippen LogP contribution is -2.45. The van der Waals surface area contributed by atoms with E-state index in [-0.39, 0.29) is 23.8 Å². The summed E-state index contributed by atoms with van der Waals surface area (Å²) < 4.78 is 11.2. The Morgan fingerprint density at radius 3 is 2.64 bits per heavy atom. The van der Waals surface area contributed by atoms with Gasteiger partial charge in [0.25, 0.3) is 0 Å². The number of hydrogen-bond acceptors (Lipinski definition) is 4. The molecule has 0 radical (unpaired) electrons. The standard InChI is InChI=1S/C20H27NO4/c1-2-20(13-22)5-7-21(8-6-20)19(23)16-12-15(16)14-3-4-17-18(11-14)25-10-9-24-17/h3-4,11,15-16,22H,2,5-10,12-13H2,1H3/t15-,16-/m1/s1. The van der Waals surface area contributed by atoms with Crippen LogP contribution in [0.5, 0.6) is 11.5 Å². The number of amides is 1. The van der Waals surface area contributed by atoms with Gasteiger partial charge in [0.15, 0.2) is 11.5 Å². The van der Waals surface area contributed by atoms with Crippen LogP contribution >= 0.6 is 0 Å². The Hall–Kier alpha value is -1.75. The molecule has 2 atom stereocenters. The van der Waals surface area contributed by atoms with Crippen molar-refractivity contribution in [3.05, 3.63) is 23.8 Å². The molecule has 25 heavy (non-hydrogen) atoms. The number of aliphatic hydroxyl groups excluding tert-OH is 1. The van der Waals surface area contributed by atoms with Crippen LogP contribution in [-0.2, 0) is 4.79 Å². The zero-order valence-electron chi connectivity index (χ0n) is 14.9. The molecule has 1 saturated heterocycles. The van der Waals surface area contributed by atoms with Crippen LogP contribution in [0.1, 0.15) is 44.1 Å². The highest BCUT2D eigenvalue weighted by Gasteiger charge is 2.47. The van der Waals surface area contributed by atoms with Gasteiger partial charge in [0, 0.05) is 25.6 Å². The third-order valence-corrected chi connectivity index (χ3v) is 6.32. The number of ether oxygens (including phenoxy) is 2. The zero-order chi connectivity index (χ0) is 17.4. The minimum absolute atomic E-state index is 0.0234. The molecule has 1 aliphatic carbocycles. The molecule has 1 aromatic rings. The molecule has 2 heterocycles. The predicted octanol–water partition coefficient (Wildman–Crippen LogP) is 2.57. The number of carbonyl (C=O) groups is 1. The van der Waals surface area contributed by atoms with Crippen molar-refractivity contribution < 1.29 is 19.4 Å². The molecule has 5 heteroatoms. The third kappa shape index (κ3) is 3.10. The van der Waals surface area contributed by atoms with E-state index in [0.717, 1.165) is 50.3 Å². The van der Waals surface area contributed by atoms with E-state index in [1.165, 1.54) is 5.56 Å². The first-order valence-electron chi connectivity index (χ1n) is 9.45. The van der Waals surface area contributed by atoms with Gasteiger partial charge < -0.3 is 19.5 Å². The molecule has 5 nitrogen and oxygen atoms in total. The van der Waals surface area contributed by atoms with Crippen LogP contribution in [0.2, 0.25) is 0 Å². The van der Waals surface area contributed by atoms with E-state index in [0.29, 0.717) is 19.1 Å². The maximum atomic E-state index is 12.8. The molecule has 0 unspecified atom stereocenters. The Morgan fingerprint density at radius 1 is 1.24 bits per heavy atom. The quantitative estimate of drug-likeness (QED) is 0.911. The molecule has 0 aromatic heterocycles. The average Bonchev–Trinajstić information content (AvgIpc) is 3.48. The molecule has 136 valence electrons. The summed E-state index contributed by atoms with van der Waals surface area (Å²) in [6.07, 6.45) is 3.73. The van der Waals surface area contributed by atoms with E-state index >= 15 is 0 Å². The SMILES string of the molecule is CCC1(CO)CCN(C(=O)[C@@H]2C[C@@H]2c2ccc3c(c2)OCCO3)CC1. The maximum absolute atomic E-state index is 12.8. The van der Waals surface area contributed by atoms with Gasteiger partial charge in [-0.25, -0.2) is 0 Å². The second-order valence-electron chi connectivity index (χ2n) is 7.69. The van der Waals surface area contributed by atoms with Crippen LogP contribution in [0.25, 0.3) is 0 Å². The Balaban J connectivity index is 1.38. The lowest BCUT2D eigenvalue weighted by Gasteiger charge is -2.40. The summed E-state index contributed by atoms with van der Waals surface area (Å²) in [7, 11) is 0. The molecule has 3 aliphatic rings. The van der Waals surface area contributed by atoms with Gasteiger partial charge in [-0.2, -0.15) is 0 Å². The van der Waals surface area contributed by atoms with Crippen molar-refractivity contribution in [1.29, 1.82) is 0 Å². The highest BCUT2D eigenvalue weighted by molar-refractivity contribution is 5.83. The van der Waals surface area contributed by atoms with Gasteiger partial charge in [-0.3, -0.25) is 4.79 Å². The molecule has 2 fully saturated rings. The molecule has 0 bridgehead atoms. The summed E-state index contributed by atoms with van der Waals surface area (Å²) >= 11 is 0. The molecule has 2 aliphatic heterocycles. The third-order valence-electron chi connectivity index (χ3n) is 6.32. The van der Waals surface area contributed by atoms with Crippen molar-refractivity contribution in [2.45, 2.75) is 38.5 Å². The van der Waals surface area contributed by atoms with Gasteiger partial charge in [0.05, 0.1) is 0 Å². The number of aliphatic hydroxyl groups is 1. The molecular weight excluding hydrogens is 318 g/mol. The van der Waals surface area contributed by atoms with Crippen molar-refractivity contribution >= 4 is 5.91 Å². The number of rotatable bonds is 4. The molecule has 0 spiro atoms. The molecular formula is C20H27NO4. The van der Waals surface area contributed by atoms with Crippen molar-refractivity contribution in [2.24, 2.45) is 11.3 Å². The lowest BCUT2D eigenvalue weighted by molar-refractivity contribution is -0.135. The van der Waals surface area contributed by atoms with Crippen LogP contribution in [0, 0.1) is 11.3 Å². The number of fused-ring (bicyclic) bond motifs is 1. The van der Waals surface area contributed by atoms with Crippen molar-refractivity contribution in [3.63, 3.8) is 0 Å². The molecule has 1 N–H and O–H groups in total. The van der Waals surface area contributed by atoms with Crippen LogP contribution in [-0.4, -0.2) is 48.8 Å². The van der Waals surface area contributed by atoms with Crippen LogP contribution < -0.4 is 9.47 Å². The summed E-state index contributed by atoms with van der Waals surface area (Å²) in [5.74, 6) is 2.29. The molecule has 4 rings (SSSR count). The molecule has 1 aromatic carbocycles. The predicted molar refractivity (Wildman–Crippen MR) is 93.9 cm³/mol. The average molecular weight is 345 g/mol. The van der Waals surface area contributed by atoms with Crippen molar-refractivity contribution in [3.8, 4) is 11.5 Å². The van der Waals surface area contributed by atoms with Crippen LogP contribution in [0.4, 0.5) is 0 Å². The largest absolute Gasteiger partial charge is 0.486 e. The number of benzene rings is 1. The summed E-state index contributed by atoms with van der Waals surface area (Å²) in [5.41, 5.74) is 1.20. The minimum Gasteiger partial charge on any atom is -0.486 e. The van der Waals surface area contributed by atoms with Gasteiger partial charge in [-0.05, 0) is 54.7 Å². The minimum atomic E-state index is 0.0234. The first-order chi connectivity index (χ1) is 12.2. The number of hydrogen-bond donors (Lipinski definition) is 1. The maximum Gasteiger partial charge on any atom is 0.226 e. The number of piperidine rings is 1. The highest BCUT2D eigenvalue weighted by atomic mass is 16.6. The Labute approximate surface area is 148 Å². The van der Waals surface area contributed by atoms with E-state index in [1.807, 2.05) is 17.0 Å². The van der Waals surface area contributed by atoms with Gasteiger partial charge in [-0.15, -0.1) is 0 Å². The lowest BCUT2D eigenvalue weighted by atomic mass is 9.77. The van der Waals surface area contributed by atoms with Gasteiger partial charge >= 0.3 is 0 Å². The van der Waals surface area contributed by atoms with Crippen molar-refractivity contribution in [1.82, 2.24) is 4.90 Å². The van der Waals surface area contributed by atoms with E-state index in [2.05, 4.69) is 13.0 Å². The Morgan fingerprint density at radius 2 is 1.96 bits per heavy atom. The van der Waals surface area contributed by atoms with E-state index in [9.17, 15) is 9.90 Å². The smallest absolute Gasteiger partial charge is 0.226 e. The van der Waals surface area contributed by atoms with Gasteiger partial charge in [0.2, 0.25) is 5.91 Å². The fourth-order valence-corrected chi connectivity index (χ4v) is 4.19. The number of nitrogens with zero attached hydrogens (tertiary/aromatic N) is 1. The highest BCUT2D eigenvalue weighted by Crippen LogP contribution is 2.50. The van der Waals surface area contributed by atoms with Gasteiger partial charge in [0.1, 0.15) is 13.2 Å². The monoisotopic (exact) mass is 345 g/mol. The topological polar surface area (TPSA) is 59.0 Å². The van der Waals surface area contributed by atoms with E-state index < -0.39 is 0 Å². The Bertz CT molecular complexity index is 645. The second-order valence-corrected chi connectivity index (χ2v) is 7.69. The number of likely N-dealkylation sites (tertiary alicyclic amines) is 1. The first-order valence-corrected chi connectivity index (χ1v) is 9.45. The fraction of sp³-hybridized carbons (Fsp3) is 0.650. The molecule has 1 saturated carbocycles. The zero-order valence-corrected chi connectivity index (χ0v) is 14.9. The van der Waals surface area contributed by atoms with Crippen LogP contribution in [0.3, 0.4) is 0 Å². The number of carbonyl (C=O) groups excluding carboxylic acids is 1. The summed E-state index contributed by atoms with van der Waals surface area (Å²) in [6.45, 7) is 5.09. The van der Waals surface area contributed by atoms with Crippen molar-refractivity contribution in [2.75, 3.05) is 32.9 Å². The Kier molecular flexibility index (Phi) is 4.36. The van der Waals surface area contributed by atoms with E-state index in [1.54, 1.807) is 0 Å². The molecule has 1 amide bonds. The summed E-state index contributed by atoms with van der Waals surface area (Å²) in [4.78, 5) is 14.8. The fourth-order valence-electron chi connectivity index (χ4n) is 4.19. The second kappa shape index (κ2) is 6.52. The summed E-state index contributed by atoms with van der Waals surface area (Å²) in [6, 6.07) is 6.06. The summed E-state index contributed by atoms with van der Waals surface area (Å²) in [5, 5.41) is 9.65. The first kappa shape index (κ1) is 16.7. The van der Waals surface area contributed by atoms with E-state index in [4.69, 9.17) is 9.47 Å². The normalized spacial score (nSPS) is 27.0.